The Hall–Kier alpha value is -3.34. The van der Waals surface area contributed by atoms with Gasteiger partial charge in [-0.2, -0.15) is 0 Å². The molecule has 3 rings (SSSR count). The summed E-state index contributed by atoms with van der Waals surface area (Å²) in [5.74, 6) is 0.624. The van der Waals surface area contributed by atoms with Crippen LogP contribution in [0, 0.1) is 0 Å². The average molecular weight is 389 g/mol. The van der Waals surface area contributed by atoms with Crippen LogP contribution in [0.4, 0.5) is 11.4 Å². The van der Waals surface area contributed by atoms with Gasteiger partial charge in [0.2, 0.25) is 0 Å². The fraction of sp³-hybridized carbons (Fsp3) is 0.250. The van der Waals surface area contributed by atoms with Gasteiger partial charge in [0, 0.05) is 18.4 Å². The molecule has 0 saturated heterocycles. The molecule has 150 valence electrons. The van der Waals surface area contributed by atoms with Gasteiger partial charge in [0.05, 0.1) is 24.6 Å². The number of nitrogens with one attached hydrogen (secondary N) is 2. The fourth-order valence-electron chi connectivity index (χ4n) is 2.88. The number of carbonyl (C=O) groups excluding carboxylic acids is 1. The first-order valence-corrected chi connectivity index (χ1v) is 9.59. The van der Waals surface area contributed by atoms with E-state index in [1.54, 1.807) is 25.6 Å². The minimum Gasteiger partial charge on any atom is -0.497 e. The third-order valence-electron chi connectivity index (χ3n) is 4.65. The number of aromatic nitrogens is 1. The molecule has 3 aromatic rings. The SMILES string of the molecule is COc1ccc(CNC(=O)c2cncc(Nc3ccc(C(C)(C)C)cc3)c2)cc1. The van der Waals surface area contributed by atoms with Gasteiger partial charge in [-0.25, -0.2) is 0 Å². The first-order chi connectivity index (χ1) is 13.8. The van der Waals surface area contributed by atoms with Crippen molar-refractivity contribution in [3.8, 4) is 5.75 Å². The van der Waals surface area contributed by atoms with Crippen LogP contribution < -0.4 is 15.4 Å². The Kier molecular flexibility index (Phi) is 6.17. The van der Waals surface area contributed by atoms with Crippen molar-refractivity contribution in [2.24, 2.45) is 0 Å². The second kappa shape index (κ2) is 8.78. The topological polar surface area (TPSA) is 63.2 Å². The van der Waals surface area contributed by atoms with E-state index in [9.17, 15) is 4.79 Å². The van der Waals surface area contributed by atoms with Crippen molar-refractivity contribution in [2.45, 2.75) is 32.7 Å². The van der Waals surface area contributed by atoms with E-state index in [1.807, 2.05) is 36.4 Å². The van der Waals surface area contributed by atoms with Gasteiger partial charge in [-0.05, 0) is 46.9 Å². The number of pyridine rings is 1. The zero-order valence-corrected chi connectivity index (χ0v) is 17.3. The fourth-order valence-corrected chi connectivity index (χ4v) is 2.88. The first kappa shape index (κ1) is 20.4. The van der Waals surface area contributed by atoms with Crippen molar-refractivity contribution in [1.29, 1.82) is 0 Å². The molecular weight excluding hydrogens is 362 g/mol. The van der Waals surface area contributed by atoms with E-state index >= 15 is 0 Å². The summed E-state index contributed by atoms with van der Waals surface area (Å²) in [5.41, 5.74) is 4.62. The van der Waals surface area contributed by atoms with Crippen LogP contribution in [0.3, 0.4) is 0 Å². The third-order valence-corrected chi connectivity index (χ3v) is 4.65. The van der Waals surface area contributed by atoms with Crippen molar-refractivity contribution < 1.29 is 9.53 Å². The second-order valence-electron chi connectivity index (χ2n) is 7.95. The summed E-state index contributed by atoms with van der Waals surface area (Å²) >= 11 is 0. The molecule has 5 nitrogen and oxygen atoms in total. The van der Waals surface area contributed by atoms with Crippen molar-refractivity contribution in [2.75, 3.05) is 12.4 Å². The van der Waals surface area contributed by atoms with Crippen LogP contribution in [-0.4, -0.2) is 18.0 Å². The van der Waals surface area contributed by atoms with Crippen LogP contribution in [0.1, 0.15) is 42.3 Å². The summed E-state index contributed by atoms with van der Waals surface area (Å²) in [4.78, 5) is 16.7. The number of nitrogens with zero attached hydrogens (tertiary/aromatic N) is 1. The van der Waals surface area contributed by atoms with Gasteiger partial charge in [0.1, 0.15) is 5.75 Å². The third kappa shape index (κ3) is 5.57. The zero-order chi connectivity index (χ0) is 20.9. The van der Waals surface area contributed by atoms with Crippen LogP contribution in [0.25, 0.3) is 0 Å². The first-order valence-electron chi connectivity index (χ1n) is 9.59. The highest BCUT2D eigenvalue weighted by atomic mass is 16.5. The van der Waals surface area contributed by atoms with Gasteiger partial charge >= 0.3 is 0 Å². The quantitative estimate of drug-likeness (QED) is 0.618. The molecule has 0 radical (unpaired) electrons. The lowest BCUT2D eigenvalue weighted by Crippen LogP contribution is -2.23. The summed E-state index contributed by atoms with van der Waals surface area (Å²) in [6, 6.07) is 17.7. The molecule has 2 N–H and O–H groups in total. The molecule has 2 aromatic carbocycles. The standard InChI is InChI=1S/C24H27N3O2/c1-24(2,3)19-7-9-20(10-8-19)27-21-13-18(15-25-16-21)23(28)26-14-17-5-11-22(29-4)12-6-17/h5-13,15-16,27H,14H2,1-4H3,(H,26,28). The Morgan fingerprint density at radius 1 is 0.966 bits per heavy atom. The highest BCUT2D eigenvalue weighted by molar-refractivity contribution is 5.94. The minimum absolute atomic E-state index is 0.113. The molecule has 1 aromatic heterocycles. The maximum atomic E-state index is 12.5. The minimum atomic E-state index is -0.167. The van der Waals surface area contributed by atoms with Crippen LogP contribution in [-0.2, 0) is 12.0 Å². The number of anilines is 2. The molecular formula is C24H27N3O2. The number of ether oxygens (including phenoxy) is 1. The van der Waals surface area contributed by atoms with Crippen molar-refractivity contribution in [3.05, 3.63) is 83.7 Å². The lowest BCUT2D eigenvalue weighted by atomic mass is 9.87. The maximum Gasteiger partial charge on any atom is 0.253 e. The Morgan fingerprint density at radius 3 is 2.28 bits per heavy atom. The molecule has 5 heteroatoms. The van der Waals surface area contributed by atoms with Crippen LogP contribution in [0.2, 0.25) is 0 Å². The van der Waals surface area contributed by atoms with Crippen LogP contribution >= 0.6 is 0 Å². The lowest BCUT2D eigenvalue weighted by molar-refractivity contribution is 0.0950. The van der Waals surface area contributed by atoms with Crippen molar-refractivity contribution in [1.82, 2.24) is 10.3 Å². The number of carbonyl (C=O) groups is 1. The van der Waals surface area contributed by atoms with Gasteiger partial charge in [0.15, 0.2) is 0 Å². The van der Waals surface area contributed by atoms with Crippen molar-refractivity contribution in [3.63, 3.8) is 0 Å². The molecule has 0 fully saturated rings. The summed E-state index contributed by atoms with van der Waals surface area (Å²) in [5, 5.41) is 6.23. The van der Waals surface area contributed by atoms with E-state index < -0.39 is 0 Å². The molecule has 1 amide bonds. The van der Waals surface area contributed by atoms with E-state index in [0.717, 1.165) is 22.7 Å². The molecule has 0 aliphatic carbocycles. The van der Waals surface area contributed by atoms with Gasteiger partial charge in [-0.15, -0.1) is 0 Å². The second-order valence-corrected chi connectivity index (χ2v) is 7.95. The number of benzene rings is 2. The zero-order valence-electron chi connectivity index (χ0n) is 17.3. The Bertz CT molecular complexity index is 959. The molecule has 0 aliphatic heterocycles. The number of rotatable bonds is 6. The molecule has 0 saturated carbocycles. The molecule has 0 atom stereocenters. The monoisotopic (exact) mass is 389 g/mol. The summed E-state index contributed by atoms with van der Waals surface area (Å²) in [6.07, 6.45) is 3.27. The van der Waals surface area contributed by atoms with Gasteiger partial charge in [-0.3, -0.25) is 9.78 Å². The molecule has 29 heavy (non-hydrogen) atoms. The molecule has 1 heterocycles. The van der Waals surface area contributed by atoms with Gasteiger partial charge < -0.3 is 15.4 Å². The molecule has 0 bridgehead atoms. The van der Waals surface area contributed by atoms with E-state index in [0.29, 0.717) is 12.1 Å². The molecule has 0 unspecified atom stereocenters. The maximum absolute atomic E-state index is 12.5. The summed E-state index contributed by atoms with van der Waals surface area (Å²) in [7, 11) is 1.63. The Labute approximate surface area is 172 Å². The number of methoxy groups -OCH3 is 1. The predicted molar refractivity (Wildman–Crippen MR) is 117 cm³/mol. The number of hydrogen-bond donors (Lipinski definition) is 2. The summed E-state index contributed by atoms with van der Waals surface area (Å²) in [6.45, 7) is 7.00. The number of hydrogen-bond acceptors (Lipinski definition) is 4. The largest absolute Gasteiger partial charge is 0.497 e. The normalized spacial score (nSPS) is 11.0. The number of amides is 1. The molecule has 0 aliphatic rings. The smallest absolute Gasteiger partial charge is 0.253 e. The Balaban J connectivity index is 1.63. The highest BCUT2D eigenvalue weighted by Gasteiger charge is 2.13. The Morgan fingerprint density at radius 2 is 1.66 bits per heavy atom. The van der Waals surface area contributed by atoms with E-state index in [2.05, 4.69) is 48.5 Å². The summed E-state index contributed by atoms with van der Waals surface area (Å²) < 4.78 is 5.15. The van der Waals surface area contributed by atoms with Crippen LogP contribution in [0.5, 0.6) is 5.75 Å². The van der Waals surface area contributed by atoms with Crippen LogP contribution in [0.15, 0.2) is 67.0 Å². The van der Waals surface area contributed by atoms with E-state index in [4.69, 9.17) is 4.74 Å². The van der Waals surface area contributed by atoms with E-state index in [1.165, 1.54) is 5.56 Å². The van der Waals surface area contributed by atoms with Crippen molar-refractivity contribution >= 4 is 17.3 Å². The predicted octanol–water partition coefficient (Wildman–Crippen LogP) is 5.06. The highest BCUT2D eigenvalue weighted by Crippen LogP contribution is 2.25. The van der Waals surface area contributed by atoms with E-state index in [-0.39, 0.29) is 11.3 Å². The van der Waals surface area contributed by atoms with Gasteiger partial charge in [-0.1, -0.05) is 45.0 Å². The lowest BCUT2D eigenvalue weighted by Gasteiger charge is -2.19. The van der Waals surface area contributed by atoms with Gasteiger partial charge in [0.25, 0.3) is 5.91 Å². The average Bonchev–Trinajstić information content (AvgIpc) is 2.72. The molecule has 0 spiro atoms.